The molecule has 2 saturated heterocycles. The number of carbonyl (C=O) groups excluding carboxylic acids is 1. The van der Waals surface area contributed by atoms with Crippen LogP contribution < -0.4 is 5.01 Å². The molecule has 24 heavy (non-hydrogen) atoms. The third-order valence-electron chi connectivity index (χ3n) is 4.36. The summed E-state index contributed by atoms with van der Waals surface area (Å²) in [5.74, 6) is 0.780. The SMILES string of the molecule is CC(Cl)OC(=O)N1C2CCC1CC(=NN(C)c1cccc(Br)n1)C2. The Kier molecular flexibility index (Phi) is 5.30. The van der Waals surface area contributed by atoms with Gasteiger partial charge in [0.2, 0.25) is 0 Å². The summed E-state index contributed by atoms with van der Waals surface area (Å²) in [4.78, 5) is 18.5. The first kappa shape index (κ1) is 17.5. The number of hydrazone groups is 1. The van der Waals surface area contributed by atoms with Crippen molar-refractivity contribution in [1.29, 1.82) is 0 Å². The van der Waals surface area contributed by atoms with Crippen molar-refractivity contribution in [2.24, 2.45) is 5.10 Å². The van der Waals surface area contributed by atoms with Gasteiger partial charge in [-0.1, -0.05) is 17.7 Å². The Morgan fingerprint density at radius 3 is 2.71 bits per heavy atom. The topological polar surface area (TPSA) is 58.0 Å². The van der Waals surface area contributed by atoms with Gasteiger partial charge in [-0.25, -0.2) is 9.78 Å². The fourth-order valence-corrected chi connectivity index (χ4v) is 3.82. The molecule has 8 heteroatoms. The number of amides is 1. The Balaban J connectivity index is 1.70. The number of halogens is 2. The van der Waals surface area contributed by atoms with E-state index in [1.807, 2.05) is 30.1 Å². The van der Waals surface area contributed by atoms with Crippen LogP contribution in [-0.2, 0) is 4.74 Å². The molecule has 2 aliphatic heterocycles. The molecule has 2 fully saturated rings. The number of rotatable bonds is 3. The molecule has 0 N–H and O–H groups in total. The zero-order valence-corrected chi connectivity index (χ0v) is 16.0. The Morgan fingerprint density at radius 2 is 2.12 bits per heavy atom. The molecule has 0 aliphatic carbocycles. The van der Waals surface area contributed by atoms with Gasteiger partial charge in [-0.15, -0.1) is 0 Å². The molecule has 1 aromatic heterocycles. The van der Waals surface area contributed by atoms with Gasteiger partial charge in [0.1, 0.15) is 10.4 Å². The van der Waals surface area contributed by atoms with Crippen LogP contribution in [0.25, 0.3) is 0 Å². The van der Waals surface area contributed by atoms with E-state index < -0.39 is 5.56 Å². The molecule has 3 unspecified atom stereocenters. The van der Waals surface area contributed by atoms with Crippen molar-refractivity contribution in [2.45, 2.75) is 50.3 Å². The van der Waals surface area contributed by atoms with Crippen LogP contribution in [0.4, 0.5) is 10.6 Å². The van der Waals surface area contributed by atoms with Gasteiger partial charge in [-0.2, -0.15) is 5.10 Å². The van der Waals surface area contributed by atoms with E-state index in [-0.39, 0.29) is 18.2 Å². The predicted molar refractivity (Wildman–Crippen MR) is 97.5 cm³/mol. The van der Waals surface area contributed by atoms with Crippen LogP contribution in [0.2, 0.25) is 0 Å². The number of ether oxygens (including phenoxy) is 1. The van der Waals surface area contributed by atoms with E-state index in [1.165, 1.54) is 0 Å². The highest BCUT2D eigenvalue weighted by Gasteiger charge is 2.43. The maximum absolute atomic E-state index is 12.2. The van der Waals surface area contributed by atoms with Gasteiger partial charge in [0.25, 0.3) is 0 Å². The maximum atomic E-state index is 12.2. The minimum absolute atomic E-state index is 0.147. The van der Waals surface area contributed by atoms with Gasteiger partial charge in [0, 0.05) is 37.7 Å². The largest absolute Gasteiger partial charge is 0.430 e. The second kappa shape index (κ2) is 7.27. The van der Waals surface area contributed by atoms with Gasteiger partial charge < -0.3 is 9.64 Å². The van der Waals surface area contributed by atoms with E-state index in [0.29, 0.717) is 0 Å². The molecule has 1 aromatic rings. The number of hydrogen-bond donors (Lipinski definition) is 0. The van der Waals surface area contributed by atoms with Crippen LogP contribution in [0.15, 0.2) is 27.9 Å². The molecule has 2 bridgehead atoms. The second-order valence-corrected chi connectivity index (χ2v) is 7.56. The number of fused-ring (bicyclic) bond motifs is 2. The number of nitrogens with zero attached hydrogens (tertiary/aromatic N) is 4. The molecule has 3 heterocycles. The fraction of sp³-hybridized carbons (Fsp3) is 0.562. The first-order chi connectivity index (χ1) is 11.4. The highest BCUT2D eigenvalue weighted by Crippen LogP contribution is 2.35. The van der Waals surface area contributed by atoms with Crippen molar-refractivity contribution in [3.05, 3.63) is 22.8 Å². The summed E-state index contributed by atoms with van der Waals surface area (Å²) >= 11 is 9.15. The van der Waals surface area contributed by atoms with E-state index in [0.717, 1.165) is 41.8 Å². The molecule has 6 nitrogen and oxygen atoms in total. The predicted octanol–water partition coefficient (Wildman–Crippen LogP) is 3.98. The lowest BCUT2D eigenvalue weighted by molar-refractivity contribution is 0.0762. The van der Waals surface area contributed by atoms with Crippen molar-refractivity contribution in [3.8, 4) is 0 Å². The van der Waals surface area contributed by atoms with Crippen molar-refractivity contribution in [2.75, 3.05) is 12.1 Å². The van der Waals surface area contributed by atoms with E-state index in [1.54, 1.807) is 11.9 Å². The number of anilines is 1. The Morgan fingerprint density at radius 1 is 1.46 bits per heavy atom. The zero-order valence-electron chi connectivity index (χ0n) is 13.7. The van der Waals surface area contributed by atoms with Crippen LogP contribution in [0.5, 0.6) is 0 Å². The molecule has 0 aromatic carbocycles. The van der Waals surface area contributed by atoms with E-state index in [9.17, 15) is 4.79 Å². The Bertz CT molecular complexity index is 639. The van der Waals surface area contributed by atoms with Crippen molar-refractivity contribution in [1.82, 2.24) is 9.88 Å². The number of pyridine rings is 1. The molecule has 3 atom stereocenters. The third kappa shape index (κ3) is 3.83. The lowest BCUT2D eigenvalue weighted by atomic mass is 10.0. The number of piperidine rings is 1. The van der Waals surface area contributed by atoms with Crippen molar-refractivity contribution in [3.63, 3.8) is 0 Å². The lowest BCUT2D eigenvalue weighted by Crippen LogP contribution is -2.47. The molecule has 0 spiro atoms. The van der Waals surface area contributed by atoms with Crippen LogP contribution in [-0.4, -0.2) is 46.4 Å². The summed E-state index contributed by atoms with van der Waals surface area (Å²) in [5, 5.41) is 6.49. The summed E-state index contributed by atoms with van der Waals surface area (Å²) < 4.78 is 5.93. The van der Waals surface area contributed by atoms with Gasteiger partial charge in [0.15, 0.2) is 5.56 Å². The number of carbonyl (C=O) groups is 1. The molecule has 0 saturated carbocycles. The molecule has 130 valence electrons. The highest BCUT2D eigenvalue weighted by molar-refractivity contribution is 9.10. The Hall–Kier alpha value is -1.34. The quantitative estimate of drug-likeness (QED) is 0.425. The molecule has 1 amide bonds. The van der Waals surface area contributed by atoms with Gasteiger partial charge in [0.05, 0.1) is 0 Å². The molecular weight excluding hydrogens is 396 g/mol. The van der Waals surface area contributed by atoms with Gasteiger partial charge >= 0.3 is 6.09 Å². The number of alkyl halides is 1. The number of aromatic nitrogens is 1. The first-order valence-corrected chi connectivity index (χ1v) is 9.22. The molecular formula is C16H20BrClN4O2. The van der Waals surface area contributed by atoms with Gasteiger partial charge in [-0.3, -0.25) is 5.01 Å². The molecule has 2 aliphatic rings. The van der Waals surface area contributed by atoms with Crippen LogP contribution in [0.1, 0.15) is 32.6 Å². The summed E-state index contributed by atoms with van der Waals surface area (Å²) in [6.07, 6.45) is 3.18. The molecule has 0 radical (unpaired) electrons. The second-order valence-electron chi connectivity index (χ2n) is 6.14. The van der Waals surface area contributed by atoms with Crippen LogP contribution >= 0.6 is 27.5 Å². The fourth-order valence-electron chi connectivity index (χ4n) is 3.41. The maximum Gasteiger partial charge on any atom is 0.411 e. The zero-order chi connectivity index (χ0) is 17.3. The standard InChI is InChI=1S/C16H20BrClN4O2/c1-10(18)24-16(23)22-12-6-7-13(22)9-11(8-12)20-21(2)15-5-3-4-14(17)19-15/h3-5,10,12-13H,6-9H2,1-2H3. The summed E-state index contributed by atoms with van der Waals surface area (Å²) in [7, 11) is 1.89. The smallest absolute Gasteiger partial charge is 0.411 e. The summed E-state index contributed by atoms with van der Waals surface area (Å²) in [6.45, 7) is 1.65. The van der Waals surface area contributed by atoms with Gasteiger partial charge in [-0.05, 0) is 47.8 Å². The molecule has 3 rings (SSSR count). The monoisotopic (exact) mass is 414 g/mol. The average molecular weight is 416 g/mol. The third-order valence-corrected chi connectivity index (χ3v) is 4.89. The van der Waals surface area contributed by atoms with E-state index in [2.05, 4.69) is 20.9 Å². The normalized spacial score (nSPS) is 23.8. The van der Waals surface area contributed by atoms with Crippen LogP contribution in [0, 0.1) is 0 Å². The van der Waals surface area contributed by atoms with Crippen LogP contribution in [0.3, 0.4) is 0 Å². The minimum atomic E-state index is -0.610. The van der Waals surface area contributed by atoms with Crippen molar-refractivity contribution < 1.29 is 9.53 Å². The summed E-state index contributed by atoms with van der Waals surface area (Å²) in [6, 6.07) is 6.02. The van der Waals surface area contributed by atoms with Crippen molar-refractivity contribution >= 4 is 45.2 Å². The van der Waals surface area contributed by atoms with E-state index in [4.69, 9.17) is 21.4 Å². The van der Waals surface area contributed by atoms with E-state index >= 15 is 0 Å². The number of hydrogen-bond acceptors (Lipinski definition) is 5. The highest BCUT2D eigenvalue weighted by atomic mass is 79.9. The Labute approximate surface area is 154 Å². The lowest BCUT2D eigenvalue weighted by Gasteiger charge is -2.35. The summed E-state index contributed by atoms with van der Waals surface area (Å²) in [5.41, 5.74) is 0.482. The minimum Gasteiger partial charge on any atom is -0.430 e. The first-order valence-electron chi connectivity index (χ1n) is 7.99. The average Bonchev–Trinajstić information content (AvgIpc) is 2.78.